The maximum Gasteiger partial charge on any atom is 0.243 e. The summed E-state index contributed by atoms with van der Waals surface area (Å²) in [6.45, 7) is 6.07. The molecule has 0 spiro atoms. The number of nitrogens with one attached hydrogen (secondary N) is 1. The quantitative estimate of drug-likeness (QED) is 0.386. The van der Waals surface area contributed by atoms with Crippen molar-refractivity contribution in [2.45, 2.75) is 71.5 Å². The molecule has 1 N–H and O–H groups in total. The van der Waals surface area contributed by atoms with Gasteiger partial charge >= 0.3 is 0 Å². The Morgan fingerprint density at radius 3 is 2.17 bits per heavy atom. The Hall–Kier alpha value is -3.16. The van der Waals surface area contributed by atoms with E-state index >= 15 is 0 Å². The van der Waals surface area contributed by atoms with Crippen LogP contribution in [0.5, 0.6) is 5.75 Å². The summed E-state index contributed by atoms with van der Waals surface area (Å²) in [6, 6.07) is 6.69. The summed E-state index contributed by atoms with van der Waals surface area (Å²) >= 11 is 0. The molecule has 0 aromatic heterocycles. The predicted octanol–water partition coefficient (Wildman–Crippen LogP) is 3.06. The lowest BCUT2D eigenvalue weighted by Crippen LogP contribution is -2.51. The predicted molar refractivity (Wildman–Crippen MR) is 132 cm³/mol. The molecular weight excluding hydrogens is 446 g/mol. The van der Waals surface area contributed by atoms with E-state index in [1.807, 2.05) is 57.2 Å². The highest BCUT2D eigenvalue weighted by molar-refractivity contribution is 6.05. The molecule has 4 amide bonds. The van der Waals surface area contributed by atoms with Gasteiger partial charge in [-0.2, -0.15) is 0 Å². The van der Waals surface area contributed by atoms with E-state index in [0.717, 1.165) is 12.0 Å². The molecule has 1 aromatic rings. The van der Waals surface area contributed by atoms with Gasteiger partial charge in [0.2, 0.25) is 23.6 Å². The third-order valence-corrected chi connectivity index (χ3v) is 7.05. The van der Waals surface area contributed by atoms with E-state index in [0.29, 0.717) is 25.0 Å². The zero-order chi connectivity index (χ0) is 25.5. The minimum absolute atomic E-state index is 0.00807. The number of imide groups is 1. The van der Waals surface area contributed by atoms with Crippen LogP contribution in [0.3, 0.4) is 0 Å². The molecule has 8 heteroatoms. The van der Waals surface area contributed by atoms with Crippen molar-refractivity contribution >= 4 is 23.6 Å². The van der Waals surface area contributed by atoms with Gasteiger partial charge < -0.3 is 15.0 Å². The summed E-state index contributed by atoms with van der Waals surface area (Å²) in [5.74, 6) is -0.781. The van der Waals surface area contributed by atoms with Gasteiger partial charge in [0.05, 0.1) is 18.9 Å². The van der Waals surface area contributed by atoms with E-state index in [1.54, 1.807) is 12.0 Å². The highest BCUT2D eigenvalue weighted by atomic mass is 16.5. The second-order valence-electron chi connectivity index (χ2n) is 9.35. The lowest BCUT2D eigenvalue weighted by Gasteiger charge is -2.32. The molecule has 0 bridgehead atoms. The molecule has 0 unspecified atom stereocenters. The number of ether oxygens (including phenoxy) is 1. The van der Waals surface area contributed by atoms with Crippen molar-refractivity contribution in [2.24, 2.45) is 11.8 Å². The van der Waals surface area contributed by atoms with Crippen LogP contribution in [0.4, 0.5) is 0 Å². The van der Waals surface area contributed by atoms with Gasteiger partial charge in [-0.05, 0) is 50.3 Å². The molecule has 1 aliphatic heterocycles. The molecule has 190 valence electrons. The minimum Gasteiger partial charge on any atom is -0.497 e. The molecule has 4 atom stereocenters. The number of benzene rings is 1. The summed E-state index contributed by atoms with van der Waals surface area (Å²) in [5, 5.41) is 2.99. The monoisotopic (exact) mass is 483 g/mol. The smallest absolute Gasteiger partial charge is 0.243 e. The van der Waals surface area contributed by atoms with Crippen molar-refractivity contribution in [3.8, 4) is 5.75 Å². The molecule has 1 aliphatic carbocycles. The first-order valence-corrected chi connectivity index (χ1v) is 12.5. The van der Waals surface area contributed by atoms with Crippen LogP contribution < -0.4 is 10.1 Å². The van der Waals surface area contributed by atoms with Crippen LogP contribution in [0.1, 0.15) is 58.4 Å². The molecule has 1 aromatic carbocycles. The van der Waals surface area contributed by atoms with E-state index in [2.05, 4.69) is 5.32 Å². The van der Waals surface area contributed by atoms with E-state index in [4.69, 9.17) is 4.74 Å². The summed E-state index contributed by atoms with van der Waals surface area (Å²) in [4.78, 5) is 55.0. The summed E-state index contributed by atoms with van der Waals surface area (Å²) in [6.07, 6.45) is 6.23. The maximum absolute atomic E-state index is 13.5. The van der Waals surface area contributed by atoms with Crippen LogP contribution in [-0.4, -0.2) is 59.2 Å². The molecule has 0 saturated carbocycles. The fraction of sp³-hybridized carbons (Fsp3) is 0.556. The molecule has 3 rings (SSSR count). The van der Waals surface area contributed by atoms with Gasteiger partial charge in [0.25, 0.3) is 0 Å². The van der Waals surface area contributed by atoms with E-state index in [1.165, 1.54) is 4.90 Å². The molecule has 8 nitrogen and oxygen atoms in total. The van der Waals surface area contributed by atoms with Gasteiger partial charge in [-0.3, -0.25) is 24.1 Å². The average Bonchev–Trinajstić information content (AvgIpc) is 3.12. The molecule has 35 heavy (non-hydrogen) atoms. The third kappa shape index (κ3) is 6.10. The number of carbonyl (C=O) groups is 4. The van der Waals surface area contributed by atoms with Gasteiger partial charge in [-0.1, -0.05) is 38.1 Å². The third-order valence-electron chi connectivity index (χ3n) is 7.05. The Kier molecular flexibility index (Phi) is 9.07. The zero-order valence-electron chi connectivity index (χ0n) is 21.2. The Morgan fingerprint density at radius 2 is 1.66 bits per heavy atom. The number of methoxy groups -OCH3 is 1. The molecule has 0 radical (unpaired) electrons. The van der Waals surface area contributed by atoms with Gasteiger partial charge in [-0.15, -0.1) is 0 Å². The van der Waals surface area contributed by atoms with Crippen LogP contribution in [-0.2, 0) is 25.7 Å². The molecular formula is C27H37N3O5. The second kappa shape index (κ2) is 12.0. The van der Waals surface area contributed by atoms with E-state index in [9.17, 15) is 19.2 Å². The van der Waals surface area contributed by atoms with Crippen molar-refractivity contribution < 1.29 is 23.9 Å². The Bertz CT molecular complexity index is 932. The lowest BCUT2D eigenvalue weighted by molar-refractivity contribution is -0.144. The topological polar surface area (TPSA) is 96.0 Å². The number of carbonyl (C=O) groups excluding carboxylic acids is 4. The van der Waals surface area contributed by atoms with Crippen molar-refractivity contribution in [3.63, 3.8) is 0 Å². The molecule has 1 heterocycles. The number of allylic oxidation sites excluding steroid dienone is 2. The molecule has 1 saturated heterocycles. The number of hydrogen-bond acceptors (Lipinski definition) is 5. The van der Waals surface area contributed by atoms with Crippen LogP contribution in [0.15, 0.2) is 36.4 Å². The van der Waals surface area contributed by atoms with Crippen LogP contribution in [0.25, 0.3) is 0 Å². The first-order valence-electron chi connectivity index (χ1n) is 12.5. The average molecular weight is 484 g/mol. The standard InChI is InChI=1S/C27H37N3O5/c1-5-18(3)28-25(32)23(6-2)30(17-19-11-13-20(35-4)14-12-19)24(31)15-16-29-26(33)21-9-7-8-10-22(21)27(29)34/h7-8,11-14,18,21-23H,5-6,9-10,15-17H2,1-4H3,(H,28,32)/t18-,21-,22+,23+/m0/s1. The molecule has 2 aliphatic rings. The number of likely N-dealkylation sites (tertiary alicyclic amines) is 1. The van der Waals surface area contributed by atoms with E-state index in [-0.39, 0.29) is 61.0 Å². The summed E-state index contributed by atoms with van der Waals surface area (Å²) in [5.41, 5.74) is 0.861. The zero-order valence-corrected chi connectivity index (χ0v) is 21.2. The van der Waals surface area contributed by atoms with Crippen molar-refractivity contribution in [1.82, 2.24) is 15.1 Å². The van der Waals surface area contributed by atoms with Crippen LogP contribution >= 0.6 is 0 Å². The van der Waals surface area contributed by atoms with Crippen LogP contribution in [0, 0.1) is 11.8 Å². The first kappa shape index (κ1) is 26.4. The minimum atomic E-state index is -0.657. The number of hydrogen-bond donors (Lipinski definition) is 1. The normalized spacial score (nSPS) is 20.9. The number of amides is 4. The number of fused-ring (bicyclic) bond motifs is 1. The highest BCUT2D eigenvalue weighted by Gasteiger charge is 2.47. The maximum atomic E-state index is 13.5. The van der Waals surface area contributed by atoms with Crippen molar-refractivity contribution in [1.29, 1.82) is 0 Å². The Balaban J connectivity index is 1.76. The SMILES string of the molecule is CC[C@H](C(=O)N[C@@H](C)CC)N(Cc1ccc(OC)cc1)C(=O)CCN1C(=O)[C@H]2CC=CC[C@H]2C1=O. The highest BCUT2D eigenvalue weighted by Crippen LogP contribution is 2.35. The fourth-order valence-electron chi connectivity index (χ4n) is 4.73. The van der Waals surface area contributed by atoms with Gasteiger partial charge in [0, 0.05) is 25.6 Å². The van der Waals surface area contributed by atoms with Gasteiger partial charge in [0.1, 0.15) is 11.8 Å². The van der Waals surface area contributed by atoms with E-state index < -0.39 is 6.04 Å². The number of rotatable bonds is 11. The summed E-state index contributed by atoms with van der Waals surface area (Å²) in [7, 11) is 1.59. The second-order valence-corrected chi connectivity index (χ2v) is 9.35. The van der Waals surface area contributed by atoms with Gasteiger partial charge in [-0.25, -0.2) is 0 Å². The van der Waals surface area contributed by atoms with Crippen molar-refractivity contribution in [3.05, 3.63) is 42.0 Å². The van der Waals surface area contributed by atoms with Crippen molar-refractivity contribution in [2.75, 3.05) is 13.7 Å². The lowest BCUT2D eigenvalue weighted by atomic mass is 9.85. The Morgan fingerprint density at radius 1 is 1.06 bits per heavy atom. The van der Waals surface area contributed by atoms with Crippen LogP contribution in [0.2, 0.25) is 0 Å². The largest absolute Gasteiger partial charge is 0.497 e. The number of nitrogens with zero attached hydrogens (tertiary/aromatic N) is 2. The molecule has 1 fully saturated rings. The fourth-order valence-corrected chi connectivity index (χ4v) is 4.73. The summed E-state index contributed by atoms with van der Waals surface area (Å²) < 4.78 is 5.22. The Labute approximate surface area is 207 Å². The van der Waals surface area contributed by atoms with Gasteiger partial charge in [0.15, 0.2) is 0 Å². The first-order chi connectivity index (χ1) is 16.8.